The van der Waals surface area contributed by atoms with Crippen LogP contribution in [0.1, 0.15) is 40.0 Å². The summed E-state index contributed by atoms with van der Waals surface area (Å²) >= 11 is 0. The van der Waals surface area contributed by atoms with Crippen LogP contribution in [0.3, 0.4) is 0 Å². The molecule has 0 aliphatic heterocycles. The lowest BCUT2D eigenvalue weighted by Crippen LogP contribution is -2.28. The third-order valence-electron chi connectivity index (χ3n) is 3.79. The van der Waals surface area contributed by atoms with Crippen molar-refractivity contribution in [3.8, 4) is 0 Å². The standard InChI is InChI=1S/C15H26O3/c1-10-4-5-14(12(3)9-16)15(18)8-11(2)7-13(17)6-10/h6,8,12-18H,4-5,7,9H2,1-3H3/t12-,13+,14-,15-/m0/s1. The van der Waals surface area contributed by atoms with Gasteiger partial charge in [0.1, 0.15) is 0 Å². The minimum Gasteiger partial charge on any atom is -0.396 e. The summed E-state index contributed by atoms with van der Waals surface area (Å²) in [5.74, 6) is 0.157. The first kappa shape index (κ1) is 15.4. The maximum atomic E-state index is 10.2. The molecule has 0 saturated heterocycles. The van der Waals surface area contributed by atoms with Crippen LogP contribution in [0, 0.1) is 11.8 Å². The molecule has 1 aliphatic rings. The fraction of sp³-hybridized carbons (Fsp3) is 0.733. The first-order valence-electron chi connectivity index (χ1n) is 6.75. The second-order valence-electron chi connectivity index (χ2n) is 5.65. The van der Waals surface area contributed by atoms with Crippen LogP contribution in [-0.2, 0) is 0 Å². The summed E-state index contributed by atoms with van der Waals surface area (Å²) in [5, 5.41) is 29.4. The highest BCUT2D eigenvalue weighted by atomic mass is 16.3. The molecule has 4 atom stereocenters. The smallest absolute Gasteiger partial charge is 0.0760 e. The van der Waals surface area contributed by atoms with Crippen molar-refractivity contribution in [3.05, 3.63) is 23.3 Å². The first-order valence-corrected chi connectivity index (χ1v) is 6.75. The summed E-state index contributed by atoms with van der Waals surface area (Å²) in [6, 6.07) is 0. The number of allylic oxidation sites excluding steroid dienone is 1. The molecule has 0 bridgehead atoms. The topological polar surface area (TPSA) is 60.7 Å². The quantitative estimate of drug-likeness (QED) is 0.661. The van der Waals surface area contributed by atoms with Gasteiger partial charge in [-0.2, -0.15) is 0 Å². The van der Waals surface area contributed by atoms with Gasteiger partial charge in [-0.3, -0.25) is 0 Å². The molecule has 0 spiro atoms. The Kier molecular flexibility index (Phi) is 6.06. The number of aliphatic hydroxyl groups excluding tert-OH is 3. The summed E-state index contributed by atoms with van der Waals surface area (Å²) in [7, 11) is 0. The molecule has 0 radical (unpaired) electrons. The lowest BCUT2D eigenvalue weighted by molar-refractivity contribution is 0.0790. The van der Waals surface area contributed by atoms with Gasteiger partial charge in [-0.05, 0) is 44.9 Å². The summed E-state index contributed by atoms with van der Waals surface area (Å²) in [6.45, 7) is 6.01. The Balaban J connectivity index is 2.90. The Bertz CT molecular complexity index is 320. The highest BCUT2D eigenvalue weighted by molar-refractivity contribution is 5.12. The average Bonchev–Trinajstić information content (AvgIpc) is 2.27. The Morgan fingerprint density at radius 2 is 1.89 bits per heavy atom. The SMILES string of the molecule is CC1=C[C@@H](O)CC(C)=C[C@H](O)[C@H]([C@@H](C)CO)CC1. The molecule has 0 aromatic carbocycles. The van der Waals surface area contributed by atoms with Gasteiger partial charge in [0.2, 0.25) is 0 Å². The van der Waals surface area contributed by atoms with E-state index in [1.54, 1.807) is 0 Å². The molecule has 0 amide bonds. The molecule has 0 unspecified atom stereocenters. The van der Waals surface area contributed by atoms with Crippen molar-refractivity contribution < 1.29 is 15.3 Å². The molecule has 104 valence electrons. The number of hydrogen-bond donors (Lipinski definition) is 3. The van der Waals surface area contributed by atoms with Gasteiger partial charge < -0.3 is 15.3 Å². The Morgan fingerprint density at radius 1 is 1.22 bits per heavy atom. The van der Waals surface area contributed by atoms with E-state index < -0.39 is 12.2 Å². The molecule has 3 N–H and O–H groups in total. The van der Waals surface area contributed by atoms with E-state index >= 15 is 0 Å². The summed E-state index contributed by atoms with van der Waals surface area (Å²) in [6.07, 6.45) is 4.99. The molecular weight excluding hydrogens is 228 g/mol. The minimum absolute atomic E-state index is 0.0727. The molecule has 0 heterocycles. The van der Waals surface area contributed by atoms with Crippen LogP contribution in [0.25, 0.3) is 0 Å². The van der Waals surface area contributed by atoms with Gasteiger partial charge in [-0.15, -0.1) is 0 Å². The van der Waals surface area contributed by atoms with E-state index in [-0.39, 0.29) is 18.4 Å². The predicted octanol–water partition coefficient (Wildman–Crippen LogP) is 2.03. The highest BCUT2D eigenvalue weighted by Gasteiger charge is 2.24. The van der Waals surface area contributed by atoms with E-state index in [9.17, 15) is 15.3 Å². The van der Waals surface area contributed by atoms with Gasteiger partial charge in [0.25, 0.3) is 0 Å². The summed E-state index contributed by atoms with van der Waals surface area (Å²) < 4.78 is 0. The molecule has 1 aliphatic carbocycles. The molecule has 0 aromatic rings. The van der Waals surface area contributed by atoms with Gasteiger partial charge in [0.15, 0.2) is 0 Å². The minimum atomic E-state index is -0.537. The molecule has 18 heavy (non-hydrogen) atoms. The second kappa shape index (κ2) is 7.07. The van der Waals surface area contributed by atoms with Gasteiger partial charge in [0, 0.05) is 6.61 Å². The zero-order valence-corrected chi connectivity index (χ0v) is 11.6. The average molecular weight is 254 g/mol. The number of aliphatic hydroxyl groups is 3. The predicted molar refractivity (Wildman–Crippen MR) is 73.1 cm³/mol. The molecule has 0 fully saturated rings. The van der Waals surface area contributed by atoms with Crippen molar-refractivity contribution in [3.63, 3.8) is 0 Å². The zero-order chi connectivity index (χ0) is 13.7. The summed E-state index contributed by atoms with van der Waals surface area (Å²) in [5.41, 5.74) is 2.15. The monoisotopic (exact) mass is 254 g/mol. The number of hydrogen-bond acceptors (Lipinski definition) is 3. The van der Waals surface area contributed by atoms with Crippen LogP contribution in [0.15, 0.2) is 23.3 Å². The van der Waals surface area contributed by atoms with Crippen molar-refractivity contribution in [1.82, 2.24) is 0 Å². The second-order valence-corrected chi connectivity index (χ2v) is 5.65. The van der Waals surface area contributed by atoms with Gasteiger partial charge >= 0.3 is 0 Å². The van der Waals surface area contributed by atoms with Crippen molar-refractivity contribution >= 4 is 0 Å². The van der Waals surface area contributed by atoms with Gasteiger partial charge in [-0.1, -0.05) is 30.2 Å². The molecule has 1 rings (SSSR count). The van der Waals surface area contributed by atoms with Crippen molar-refractivity contribution in [1.29, 1.82) is 0 Å². The van der Waals surface area contributed by atoms with E-state index in [2.05, 4.69) is 0 Å². The zero-order valence-electron chi connectivity index (χ0n) is 11.6. The molecule has 3 heteroatoms. The van der Waals surface area contributed by atoms with Crippen molar-refractivity contribution in [2.24, 2.45) is 11.8 Å². The van der Waals surface area contributed by atoms with Gasteiger partial charge in [0.05, 0.1) is 12.2 Å². The Morgan fingerprint density at radius 3 is 2.50 bits per heavy atom. The maximum absolute atomic E-state index is 10.2. The molecule has 3 nitrogen and oxygen atoms in total. The fourth-order valence-electron chi connectivity index (χ4n) is 2.61. The van der Waals surface area contributed by atoms with E-state index in [1.165, 1.54) is 0 Å². The maximum Gasteiger partial charge on any atom is 0.0760 e. The molecule has 0 saturated carbocycles. The lowest BCUT2D eigenvalue weighted by Gasteiger charge is -2.27. The van der Waals surface area contributed by atoms with Crippen molar-refractivity contribution in [2.75, 3.05) is 6.61 Å². The molecule has 0 aromatic heterocycles. The van der Waals surface area contributed by atoms with Crippen LogP contribution < -0.4 is 0 Å². The number of rotatable bonds is 2. The van der Waals surface area contributed by atoms with Crippen LogP contribution in [0.2, 0.25) is 0 Å². The third-order valence-corrected chi connectivity index (χ3v) is 3.79. The summed E-state index contributed by atoms with van der Waals surface area (Å²) in [4.78, 5) is 0. The van der Waals surface area contributed by atoms with E-state index in [0.29, 0.717) is 6.42 Å². The van der Waals surface area contributed by atoms with Crippen LogP contribution in [-0.4, -0.2) is 34.1 Å². The van der Waals surface area contributed by atoms with E-state index in [4.69, 9.17) is 0 Å². The fourth-order valence-corrected chi connectivity index (χ4v) is 2.61. The van der Waals surface area contributed by atoms with E-state index in [1.807, 2.05) is 32.9 Å². The van der Waals surface area contributed by atoms with Crippen molar-refractivity contribution in [2.45, 2.75) is 52.2 Å². The third kappa shape index (κ3) is 4.56. The normalized spacial score (nSPS) is 32.4. The largest absolute Gasteiger partial charge is 0.396 e. The molecular formula is C15H26O3. The van der Waals surface area contributed by atoms with Crippen LogP contribution in [0.4, 0.5) is 0 Å². The highest BCUT2D eigenvalue weighted by Crippen LogP contribution is 2.27. The van der Waals surface area contributed by atoms with Gasteiger partial charge in [-0.25, -0.2) is 0 Å². The van der Waals surface area contributed by atoms with Crippen LogP contribution >= 0.6 is 0 Å². The lowest BCUT2D eigenvalue weighted by atomic mass is 9.82. The van der Waals surface area contributed by atoms with Crippen LogP contribution in [0.5, 0.6) is 0 Å². The first-order chi connectivity index (χ1) is 8.43. The Hall–Kier alpha value is -0.640. The Labute approximate surface area is 110 Å². The van der Waals surface area contributed by atoms with E-state index in [0.717, 1.165) is 24.0 Å².